The van der Waals surface area contributed by atoms with Crippen molar-refractivity contribution in [2.45, 2.75) is 32.7 Å². The molecule has 1 aromatic carbocycles. The number of aryl methyl sites for hydroxylation is 1. The fourth-order valence-electron chi connectivity index (χ4n) is 3.70. The SMILES string of the molecule is CCCCc1nc2c(N)nc3cc(-c4cccnc4)ccc3c2n1CCNSC. The maximum Gasteiger partial charge on any atom is 0.152 e. The molecule has 7 heteroatoms. The average Bonchev–Trinajstić information content (AvgIpc) is 3.12. The summed E-state index contributed by atoms with van der Waals surface area (Å²) in [6, 6.07) is 10.3. The number of unbranched alkanes of at least 4 members (excludes halogenated alkanes) is 1. The van der Waals surface area contributed by atoms with Gasteiger partial charge in [-0.05, 0) is 30.4 Å². The second-order valence-corrected chi connectivity index (χ2v) is 7.75. The standard InChI is InChI=1S/C22H26N6S/c1-3-4-7-19-27-20-21(28(19)12-11-25-29-2)17-9-8-15(13-18(17)26-22(20)23)16-6-5-10-24-14-16/h5-6,8-10,13-14,25H,3-4,7,11-12H2,1-2H3,(H2,23,26). The zero-order valence-electron chi connectivity index (χ0n) is 16.9. The topological polar surface area (TPSA) is 81.7 Å². The molecule has 0 amide bonds. The molecule has 3 aromatic heterocycles. The van der Waals surface area contributed by atoms with Crippen LogP contribution in [0.1, 0.15) is 25.6 Å². The molecule has 0 radical (unpaired) electrons. The first kappa shape index (κ1) is 19.7. The highest BCUT2D eigenvalue weighted by atomic mass is 32.2. The van der Waals surface area contributed by atoms with E-state index in [1.165, 1.54) is 0 Å². The Bertz CT molecular complexity index is 1120. The predicted octanol–water partition coefficient (Wildman–Crippen LogP) is 4.44. The van der Waals surface area contributed by atoms with Crippen LogP contribution in [-0.2, 0) is 13.0 Å². The molecule has 3 heterocycles. The maximum absolute atomic E-state index is 6.36. The number of benzene rings is 1. The monoisotopic (exact) mass is 406 g/mol. The number of rotatable bonds is 8. The van der Waals surface area contributed by atoms with Crippen LogP contribution < -0.4 is 10.5 Å². The number of anilines is 1. The smallest absolute Gasteiger partial charge is 0.152 e. The molecule has 0 spiro atoms. The number of hydrogen-bond acceptors (Lipinski definition) is 6. The summed E-state index contributed by atoms with van der Waals surface area (Å²) in [5.41, 5.74) is 11.3. The molecule has 3 N–H and O–H groups in total. The van der Waals surface area contributed by atoms with Crippen LogP contribution in [0.3, 0.4) is 0 Å². The number of imidazole rings is 1. The number of nitrogens with two attached hydrogens (primary N) is 1. The minimum atomic E-state index is 0.491. The second-order valence-electron chi connectivity index (χ2n) is 7.05. The van der Waals surface area contributed by atoms with Gasteiger partial charge in [0.25, 0.3) is 0 Å². The van der Waals surface area contributed by atoms with E-state index >= 15 is 0 Å². The van der Waals surface area contributed by atoms with Crippen molar-refractivity contribution in [3.63, 3.8) is 0 Å². The van der Waals surface area contributed by atoms with Crippen molar-refractivity contribution >= 4 is 39.7 Å². The van der Waals surface area contributed by atoms with E-state index in [4.69, 9.17) is 10.7 Å². The Kier molecular flexibility index (Phi) is 5.97. The van der Waals surface area contributed by atoms with E-state index < -0.39 is 0 Å². The molecular weight excluding hydrogens is 380 g/mol. The fourth-order valence-corrected chi connectivity index (χ4v) is 3.99. The van der Waals surface area contributed by atoms with Gasteiger partial charge in [-0.3, -0.25) is 9.71 Å². The van der Waals surface area contributed by atoms with Gasteiger partial charge in [-0.15, -0.1) is 0 Å². The van der Waals surface area contributed by atoms with Crippen molar-refractivity contribution < 1.29 is 0 Å². The van der Waals surface area contributed by atoms with Crippen molar-refractivity contribution in [3.05, 3.63) is 48.5 Å². The van der Waals surface area contributed by atoms with Crippen LogP contribution in [0.25, 0.3) is 33.1 Å². The quantitative estimate of drug-likeness (QED) is 0.333. The van der Waals surface area contributed by atoms with Crippen LogP contribution in [0, 0.1) is 0 Å². The first-order valence-corrected chi connectivity index (χ1v) is 11.2. The molecule has 0 aliphatic carbocycles. The molecule has 0 aliphatic heterocycles. The van der Waals surface area contributed by atoms with Crippen LogP contribution in [-0.4, -0.2) is 32.3 Å². The normalized spacial score (nSPS) is 11.5. The minimum Gasteiger partial charge on any atom is -0.382 e. The molecule has 0 fully saturated rings. The molecule has 0 saturated carbocycles. The number of pyridine rings is 2. The molecule has 4 rings (SSSR count). The lowest BCUT2D eigenvalue weighted by Gasteiger charge is -2.11. The van der Waals surface area contributed by atoms with Gasteiger partial charge in [0.2, 0.25) is 0 Å². The molecule has 0 saturated heterocycles. The molecule has 0 bridgehead atoms. The van der Waals surface area contributed by atoms with Gasteiger partial charge in [-0.25, -0.2) is 9.97 Å². The number of nitrogen functional groups attached to an aromatic ring is 1. The molecule has 29 heavy (non-hydrogen) atoms. The molecular formula is C22H26N6S. The summed E-state index contributed by atoms with van der Waals surface area (Å²) in [4.78, 5) is 13.8. The highest BCUT2D eigenvalue weighted by Gasteiger charge is 2.17. The Labute approximate surface area is 175 Å². The van der Waals surface area contributed by atoms with Crippen molar-refractivity contribution in [3.8, 4) is 11.1 Å². The molecule has 0 unspecified atom stereocenters. The average molecular weight is 407 g/mol. The Morgan fingerprint density at radius 3 is 2.83 bits per heavy atom. The van der Waals surface area contributed by atoms with Gasteiger partial charge in [0.05, 0.1) is 11.0 Å². The lowest BCUT2D eigenvalue weighted by atomic mass is 10.0. The van der Waals surface area contributed by atoms with E-state index in [1.807, 2.05) is 18.5 Å². The first-order valence-electron chi connectivity index (χ1n) is 9.97. The van der Waals surface area contributed by atoms with E-state index in [-0.39, 0.29) is 0 Å². The predicted molar refractivity (Wildman–Crippen MR) is 123 cm³/mol. The Balaban J connectivity index is 1.89. The van der Waals surface area contributed by atoms with E-state index in [0.717, 1.165) is 71.2 Å². The first-order chi connectivity index (χ1) is 14.2. The number of nitrogens with zero attached hydrogens (tertiary/aromatic N) is 4. The third-order valence-electron chi connectivity index (χ3n) is 5.11. The van der Waals surface area contributed by atoms with Crippen molar-refractivity contribution in [2.24, 2.45) is 0 Å². The third kappa shape index (κ3) is 3.93. The van der Waals surface area contributed by atoms with Gasteiger partial charge in [-0.2, -0.15) is 0 Å². The van der Waals surface area contributed by atoms with Gasteiger partial charge in [0.15, 0.2) is 5.82 Å². The van der Waals surface area contributed by atoms with Crippen LogP contribution in [0.15, 0.2) is 42.7 Å². The maximum atomic E-state index is 6.36. The second kappa shape index (κ2) is 8.80. The largest absolute Gasteiger partial charge is 0.382 e. The van der Waals surface area contributed by atoms with Gasteiger partial charge in [-0.1, -0.05) is 43.5 Å². The highest BCUT2D eigenvalue weighted by molar-refractivity contribution is 7.96. The van der Waals surface area contributed by atoms with Gasteiger partial charge >= 0.3 is 0 Å². The van der Waals surface area contributed by atoms with Gasteiger partial charge in [0.1, 0.15) is 11.3 Å². The molecule has 0 atom stereocenters. The zero-order valence-corrected chi connectivity index (χ0v) is 17.7. The summed E-state index contributed by atoms with van der Waals surface area (Å²) < 4.78 is 5.66. The van der Waals surface area contributed by atoms with E-state index in [0.29, 0.717) is 5.82 Å². The third-order valence-corrected chi connectivity index (χ3v) is 5.61. The van der Waals surface area contributed by atoms with Crippen LogP contribution in [0.4, 0.5) is 5.82 Å². The fraction of sp³-hybridized carbons (Fsp3) is 0.318. The number of aromatic nitrogens is 4. The van der Waals surface area contributed by atoms with E-state index in [1.54, 1.807) is 18.1 Å². The van der Waals surface area contributed by atoms with Crippen LogP contribution in [0.2, 0.25) is 0 Å². The van der Waals surface area contributed by atoms with Crippen molar-refractivity contribution in [1.82, 2.24) is 24.2 Å². The van der Waals surface area contributed by atoms with Crippen molar-refractivity contribution in [1.29, 1.82) is 0 Å². The zero-order chi connectivity index (χ0) is 20.2. The highest BCUT2D eigenvalue weighted by Crippen LogP contribution is 2.32. The summed E-state index contributed by atoms with van der Waals surface area (Å²) in [7, 11) is 0. The van der Waals surface area contributed by atoms with E-state index in [9.17, 15) is 0 Å². The molecule has 150 valence electrons. The Morgan fingerprint density at radius 2 is 2.07 bits per heavy atom. The lowest BCUT2D eigenvalue weighted by molar-refractivity contribution is 0.641. The molecule has 6 nitrogen and oxygen atoms in total. The number of hydrogen-bond donors (Lipinski definition) is 2. The number of nitrogens with one attached hydrogen (secondary N) is 1. The van der Waals surface area contributed by atoms with Crippen LogP contribution >= 0.6 is 11.9 Å². The van der Waals surface area contributed by atoms with Crippen molar-refractivity contribution in [2.75, 3.05) is 18.5 Å². The summed E-state index contributed by atoms with van der Waals surface area (Å²) in [5, 5.41) is 1.08. The summed E-state index contributed by atoms with van der Waals surface area (Å²) in [5.74, 6) is 1.58. The molecule has 0 aliphatic rings. The van der Waals surface area contributed by atoms with Gasteiger partial charge in [0, 0.05) is 42.9 Å². The Hall–Kier alpha value is -2.64. The summed E-state index contributed by atoms with van der Waals surface area (Å²) in [6.07, 6.45) is 8.87. The van der Waals surface area contributed by atoms with Crippen LogP contribution in [0.5, 0.6) is 0 Å². The lowest BCUT2D eigenvalue weighted by Crippen LogP contribution is -2.15. The summed E-state index contributed by atoms with van der Waals surface area (Å²) >= 11 is 1.63. The molecule has 4 aromatic rings. The minimum absolute atomic E-state index is 0.491. The summed E-state index contributed by atoms with van der Waals surface area (Å²) in [6.45, 7) is 3.91. The van der Waals surface area contributed by atoms with E-state index in [2.05, 4.69) is 50.4 Å². The number of fused-ring (bicyclic) bond motifs is 3. The Morgan fingerprint density at radius 1 is 1.17 bits per heavy atom. The van der Waals surface area contributed by atoms with Gasteiger partial charge < -0.3 is 10.3 Å².